The van der Waals surface area contributed by atoms with Crippen molar-refractivity contribution in [3.63, 3.8) is 0 Å². The van der Waals surface area contributed by atoms with Crippen LogP contribution in [0.5, 0.6) is 5.75 Å². The van der Waals surface area contributed by atoms with Crippen molar-refractivity contribution < 1.29 is 9.13 Å². The number of hydrogen-bond donors (Lipinski definition) is 1. The number of ether oxygens (including phenoxy) is 1. The minimum Gasteiger partial charge on any atom is -0.492 e. The smallest absolute Gasteiger partial charge is 0.128 e. The average Bonchev–Trinajstić information content (AvgIpc) is 2.46. The van der Waals surface area contributed by atoms with Crippen LogP contribution in [0.25, 0.3) is 0 Å². The highest BCUT2D eigenvalue weighted by Gasteiger charge is 2.09. The van der Waals surface area contributed by atoms with Crippen molar-refractivity contribution in [2.75, 3.05) is 32.8 Å². The van der Waals surface area contributed by atoms with E-state index in [0.717, 1.165) is 19.6 Å². The Kier molecular flexibility index (Phi) is 5.85. The lowest BCUT2D eigenvalue weighted by Gasteiger charge is -2.26. The van der Waals surface area contributed by atoms with E-state index in [0.29, 0.717) is 17.9 Å². The number of rotatable bonds is 4. The molecule has 0 bridgehead atoms. The Morgan fingerprint density at radius 3 is 2.75 bits per heavy atom. The predicted molar refractivity (Wildman–Crippen MR) is 78.1 cm³/mol. The summed E-state index contributed by atoms with van der Waals surface area (Å²) in [6.45, 7) is 4.01. The van der Waals surface area contributed by atoms with Gasteiger partial charge in [0.05, 0.1) is 6.54 Å². The summed E-state index contributed by atoms with van der Waals surface area (Å²) < 4.78 is 19.1. The van der Waals surface area contributed by atoms with Crippen molar-refractivity contribution >= 4 is 0 Å². The molecule has 2 rings (SSSR count). The molecule has 1 aromatic carbocycles. The van der Waals surface area contributed by atoms with Crippen LogP contribution in [-0.4, -0.2) is 37.7 Å². The summed E-state index contributed by atoms with van der Waals surface area (Å²) in [5, 5.41) is 0. The van der Waals surface area contributed by atoms with Crippen molar-refractivity contribution in [2.24, 2.45) is 5.73 Å². The SMILES string of the molecule is NCC#Cc1cc(F)cc(OCCN2CCCCC2)c1. The predicted octanol–water partition coefficient (Wildman–Crippen LogP) is 2.00. The van der Waals surface area contributed by atoms with Gasteiger partial charge in [0, 0.05) is 18.2 Å². The van der Waals surface area contributed by atoms with Gasteiger partial charge in [-0.05, 0) is 38.1 Å². The molecule has 0 unspecified atom stereocenters. The van der Waals surface area contributed by atoms with Gasteiger partial charge in [-0.15, -0.1) is 0 Å². The molecule has 2 N–H and O–H groups in total. The molecule has 0 aliphatic carbocycles. The van der Waals surface area contributed by atoms with Gasteiger partial charge in [-0.25, -0.2) is 4.39 Å². The Morgan fingerprint density at radius 1 is 1.20 bits per heavy atom. The summed E-state index contributed by atoms with van der Waals surface area (Å²) in [5.74, 6) is 5.73. The van der Waals surface area contributed by atoms with Crippen LogP contribution >= 0.6 is 0 Å². The summed E-state index contributed by atoms with van der Waals surface area (Å²) in [7, 11) is 0. The zero-order chi connectivity index (χ0) is 14.2. The molecular formula is C16H21FN2O. The van der Waals surface area contributed by atoms with Crippen LogP contribution in [0, 0.1) is 17.7 Å². The largest absolute Gasteiger partial charge is 0.492 e. The molecule has 4 heteroatoms. The summed E-state index contributed by atoms with van der Waals surface area (Å²) in [6, 6.07) is 4.53. The molecule has 1 aliphatic heterocycles. The number of hydrogen-bond acceptors (Lipinski definition) is 3. The minimum absolute atomic E-state index is 0.266. The normalized spacial score (nSPS) is 15.5. The number of nitrogens with zero attached hydrogens (tertiary/aromatic N) is 1. The maximum absolute atomic E-state index is 13.4. The first kappa shape index (κ1) is 14.8. The van der Waals surface area contributed by atoms with Crippen molar-refractivity contribution in [3.05, 3.63) is 29.6 Å². The van der Waals surface area contributed by atoms with Crippen LogP contribution in [-0.2, 0) is 0 Å². The molecule has 108 valence electrons. The Bertz CT molecular complexity index is 487. The third-order valence-electron chi connectivity index (χ3n) is 3.33. The van der Waals surface area contributed by atoms with Crippen molar-refractivity contribution in [1.29, 1.82) is 0 Å². The molecular weight excluding hydrogens is 255 g/mol. The van der Waals surface area contributed by atoms with Gasteiger partial charge in [-0.3, -0.25) is 4.90 Å². The van der Waals surface area contributed by atoms with Crippen LogP contribution < -0.4 is 10.5 Å². The standard InChI is InChI=1S/C16H21FN2O/c17-15-11-14(5-4-6-18)12-16(13-15)20-10-9-19-7-2-1-3-8-19/h11-13H,1-3,6-10,18H2. The van der Waals surface area contributed by atoms with Crippen LogP contribution in [0.2, 0.25) is 0 Å². The molecule has 1 heterocycles. The summed E-state index contributed by atoms with van der Waals surface area (Å²) in [4.78, 5) is 2.39. The Labute approximate surface area is 119 Å². The highest BCUT2D eigenvalue weighted by molar-refractivity contribution is 5.40. The molecule has 0 atom stereocenters. The molecule has 20 heavy (non-hydrogen) atoms. The first-order valence-electron chi connectivity index (χ1n) is 7.12. The monoisotopic (exact) mass is 276 g/mol. The van der Waals surface area contributed by atoms with Gasteiger partial charge in [0.2, 0.25) is 0 Å². The van der Waals surface area contributed by atoms with Crippen LogP contribution in [0.1, 0.15) is 24.8 Å². The second kappa shape index (κ2) is 7.88. The number of nitrogens with two attached hydrogens (primary N) is 1. The lowest BCUT2D eigenvalue weighted by atomic mass is 10.1. The molecule has 1 fully saturated rings. The van der Waals surface area contributed by atoms with Gasteiger partial charge < -0.3 is 10.5 Å². The van der Waals surface area contributed by atoms with E-state index in [1.165, 1.54) is 31.4 Å². The zero-order valence-electron chi connectivity index (χ0n) is 11.7. The Morgan fingerprint density at radius 2 is 2.00 bits per heavy atom. The fraction of sp³-hybridized carbons (Fsp3) is 0.500. The van der Waals surface area contributed by atoms with E-state index < -0.39 is 0 Å². The van der Waals surface area contributed by atoms with E-state index in [1.807, 2.05) is 0 Å². The highest BCUT2D eigenvalue weighted by atomic mass is 19.1. The third-order valence-corrected chi connectivity index (χ3v) is 3.33. The van der Waals surface area contributed by atoms with E-state index in [-0.39, 0.29) is 12.4 Å². The lowest BCUT2D eigenvalue weighted by molar-refractivity contribution is 0.183. The number of benzene rings is 1. The average molecular weight is 276 g/mol. The van der Waals surface area contributed by atoms with Crippen LogP contribution in [0.3, 0.4) is 0 Å². The molecule has 1 aliphatic rings. The minimum atomic E-state index is -0.332. The van der Waals surface area contributed by atoms with Gasteiger partial charge in [0.25, 0.3) is 0 Å². The van der Waals surface area contributed by atoms with E-state index in [1.54, 1.807) is 6.07 Å². The molecule has 3 nitrogen and oxygen atoms in total. The zero-order valence-corrected chi connectivity index (χ0v) is 11.7. The fourth-order valence-corrected chi connectivity index (χ4v) is 2.35. The topological polar surface area (TPSA) is 38.5 Å². The molecule has 0 aromatic heterocycles. The van der Waals surface area contributed by atoms with Crippen molar-refractivity contribution in [3.8, 4) is 17.6 Å². The quantitative estimate of drug-likeness (QED) is 0.855. The van der Waals surface area contributed by atoms with Gasteiger partial charge >= 0.3 is 0 Å². The van der Waals surface area contributed by atoms with Crippen LogP contribution in [0.15, 0.2) is 18.2 Å². The molecule has 0 amide bonds. The van der Waals surface area contributed by atoms with Crippen LogP contribution in [0.4, 0.5) is 4.39 Å². The van der Waals surface area contributed by atoms with Gasteiger partial charge in [-0.1, -0.05) is 18.3 Å². The molecule has 0 saturated carbocycles. The van der Waals surface area contributed by atoms with Crippen molar-refractivity contribution in [1.82, 2.24) is 4.90 Å². The second-order valence-corrected chi connectivity index (χ2v) is 4.93. The third kappa shape index (κ3) is 4.84. The fourth-order valence-electron chi connectivity index (χ4n) is 2.35. The Balaban J connectivity index is 1.86. The number of piperidine rings is 1. The van der Waals surface area contributed by atoms with E-state index >= 15 is 0 Å². The molecule has 1 aromatic rings. The summed E-state index contributed by atoms with van der Waals surface area (Å²) in [6.07, 6.45) is 3.85. The maximum atomic E-state index is 13.4. The first-order valence-corrected chi connectivity index (χ1v) is 7.12. The molecule has 0 radical (unpaired) electrons. The highest BCUT2D eigenvalue weighted by Crippen LogP contribution is 2.16. The van der Waals surface area contributed by atoms with Gasteiger partial charge in [0.15, 0.2) is 0 Å². The van der Waals surface area contributed by atoms with Gasteiger partial charge in [-0.2, -0.15) is 0 Å². The van der Waals surface area contributed by atoms with E-state index in [9.17, 15) is 4.39 Å². The second-order valence-electron chi connectivity index (χ2n) is 4.93. The molecule has 0 spiro atoms. The van der Waals surface area contributed by atoms with E-state index in [4.69, 9.17) is 10.5 Å². The maximum Gasteiger partial charge on any atom is 0.128 e. The van der Waals surface area contributed by atoms with E-state index in [2.05, 4.69) is 16.7 Å². The summed E-state index contributed by atoms with van der Waals surface area (Å²) >= 11 is 0. The first-order chi connectivity index (χ1) is 9.78. The molecule has 1 saturated heterocycles. The van der Waals surface area contributed by atoms with Crippen molar-refractivity contribution in [2.45, 2.75) is 19.3 Å². The Hall–Kier alpha value is -1.57. The summed E-state index contributed by atoms with van der Waals surface area (Å²) in [5.41, 5.74) is 5.91. The van der Waals surface area contributed by atoms with Gasteiger partial charge in [0.1, 0.15) is 18.2 Å². The number of halogens is 1. The lowest BCUT2D eigenvalue weighted by Crippen LogP contribution is -2.33. The number of likely N-dealkylation sites (tertiary alicyclic amines) is 1.